The molecule has 246 valence electrons. The van der Waals surface area contributed by atoms with E-state index >= 15 is 0 Å². The first-order valence-corrected chi connectivity index (χ1v) is 18.0. The molecule has 2 aliphatic carbocycles. The Labute approximate surface area is 281 Å². The summed E-state index contributed by atoms with van der Waals surface area (Å²) in [6.07, 6.45) is 5.34. The van der Waals surface area contributed by atoms with E-state index in [9.17, 15) is 0 Å². The van der Waals surface area contributed by atoms with Gasteiger partial charge in [-0.1, -0.05) is 143 Å². The van der Waals surface area contributed by atoms with E-state index in [-0.39, 0.29) is 32.5 Å². The van der Waals surface area contributed by atoms with E-state index < -0.39 is 0 Å². The summed E-state index contributed by atoms with van der Waals surface area (Å²) in [5.41, 5.74) is 12.3. The van der Waals surface area contributed by atoms with Crippen LogP contribution in [0.1, 0.15) is 170 Å². The second-order valence-electron chi connectivity index (χ2n) is 21.3. The molecular formula is C46H62. The molecule has 0 saturated heterocycles. The van der Waals surface area contributed by atoms with Gasteiger partial charge in [0.15, 0.2) is 0 Å². The van der Waals surface area contributed by atoms with Crippen LogP contribution in [0.2, 0.25) is 0 Å². The fourth-order valence-corrected chi connectivity index (χ4v) is 8.86. The first-order chi connectivity index (χ1) is 20.6. The molecule has 0 fully saturated rings. The molecule has 46 heavy (non-hydrogen) atoms. The SMILES string of the molecule is CC(C)(C)C1=CC(C(C)(C)C)c2cc3c4c(cc5c(C(C)(C)C)cc(C(C)(C)C)c6cc1c2c4c65)C(C(C)(C)C)C=C3C(C)(C)C. The van der Waals surface area contributed by atoms with Crippen LogP contribution in [0.15, 0.2) is 36.4 Å². The minimum Gasteiger partial charge on any atom is -0.0721 e. The highest BCUT2D eigenvalue weighted by Crippen LogP contribution is 2.60. The minimum atomic E-state index is 0.0131. The van der Waals surface area contributed by atoms with Gasteiger partial charge in [0.1, 0.15) is 0 Å². The molecule has 0 nitrogen and oxygen atoms in total. The lowest BCUT2D eigenvalue weighted by Crippen LogP contribution is -2.26. The van der Waals surface area contributed by atoms with E-state index in [2.05, 4.69) is 161 Å². The number of rotatable bonds is 0. The van der Waals surface area contributed by atoms with Crippen molar-refractivity contribution in [3.8, 4) is 0 Å². The van der Waals surface area contributed by atoms with Gasteiger partial charge >= 0.3 is 0 Å². The number of allylic oxidation sites excluding steroid dienone is 4. The molecule has 6 rings (SSSR count). The molecule has 4 aromatic rings. The summed E-state index contributed by atoms with van der Waals surface area (Å²) in [6, 6.07) is 10.5. The molecule has 0 aromatic heterocycles. The molecule has 0 amide bonds. The van der Waals surface area contributed by atoms with Crippen molar-refractivity contribution in [3.05, 3.63) is 69.8 Å². The van der Waals surface area contributed by atoms with Crippen LogP contribution in [0.4, 0.5) is 0 Å². The maximum absolute atomic E-state index is 2.67. The molecule has 0 spiro atoms. The van der Waals surface area contributed by atoms with Gasteiger partial charge in [0, 0.05) is 11.8 Å². The third-order valence-corrected chi connectivity index (χ3v) is 11.2. The van der Waals surface area contributed by atoms with Gasteiger partial charge in [0.05, 0.1) is 0 Å². The highest BCUT2D eigenvalue weighted by molar-refractivity contribution is 6.30. The number of hydrogen-bond donors (Lipinski definition) is 0. The van der Waals surface area contributed by atoms with Crippen LogP contribution in [0.5, 0.6) is 0 Å². The predicted octanol–water partition coefficient (Wildman–Crippen LogP) is 14.3. The van der Waals surface area contributed by atoms with Gasteiger partial charge in [0.25, 0.3) is 0 Å². The number of hydrogen-bond acceptors (Lipinski definition) is 0. The summed E-state index contributed by atoms with van der Waals surface area (Å²) in [4.78, 5) is 0. The lowest BCUT2D eigenvalue weighted by molar-refractivity contribution is 0.364. The van der Waals surface area contributed by atoms with E-state index in [1.165, 1.54) is 76.8 Å². The van der Waals surface area contributed by atoms with Crippen LogP contribution in [-0.4, -0.2) is 0 Å². The van der Waals surface area contributed by atoms with Crippen LogP contribution < -0.4 is 0 Å². The van der Waals surface area contributed by atoms with Crippen molar-refractivity contribution in [3.63, 3.8) is 0 Å². The molecule has 0 saturated carbocycles. The van der Waals surface area contributed by atoms with Crippen molar-refractivity contribution in [2.24, 2.45) is 21.7 Å². The van der Waals surface area contributed by atoms with Crippen molar-refractivity contribution in [1.82, 2.24) is 0 Å². The van der Waals surface area contributed by atoms with E-state index in [1.54, 1.807) is 0 Å². The van der Waals surface area contributed by atoms with Gasteiger partial charge in [-0.2, -0.15) is 0 Å². The smallest absolute Gasteiger partial charge is 0.00794 e. The van der Waals surface area contributed by atoms with E-state index in [0.717, 1.165) is 0 Å². The van der Waals surface area contributed by atoms with Gasteiger partial charge in [-0.3, -0.25) is 0 Å². The molecule has 0 aliphatic heterocycles. The molecular weight excluding hydrogens is 553 g/mol. The summed E-state index contributed by atoms with van der Waals surface area (Å²) in [5.74, 6) is 0.674. The average molecular weight is 615 g/mol. The summed E-state index contributed by atoms with van der Waals surface area (Å²) in [5, 5.41) is 9.02. The van der Waals surface area contributed by atoms with Gasteiger partial charge in [0.2, 0.25) is 0 Å². The van der Waals surface area contributed by atoms with Crippen LogP contribution >= 0.6 is 0 Å². The number of benzene rings is 4. The Kier molecular flexibility index (Phi) is 6.89. The van der Waals surface area contributed by atoms with E-state index in [0.29, 0.717) is 11.8 Å². The van der Waals surface area contributed by atoms with Gasteiger partial charge in [-0.25, -0.2) is 0 Å². The Bertz CT molecular complexity index is 1950. The lowest BCUT2D eigenvalue weighted by atomic mass is 9.61. The molecule has 2 atom stereocenters. The third kappa shape index (κ3) is 4.90. The molecule has 0 radical (unpaired) electrons. The van der Waals surface area contributed by atoms with Crippen LogP contribution in [0.3, 0.4) is 0 Å². The third-order valence-electron chi connectivity index (χ3n) is 11.2. The topological polar surface area (TPSA) is 0 Å². The van der Waals surface area contributed by atoms with Gasteiger partial charge < -0.3 is 0 Å². The Morgan fingerprint density at radius 3 is 1.11 bits per heavy atom. The summed E-state index contributed by atoms with van der Waals surface area (Å²) in [7, 11) is 0. The van der Waals surface area contributed by atoms with Crippen molar-refractivity contribution in [2.45, 2.75) is 147 Å². The molecule has 0 heterocycles. The second kappa shape index (κ2) is 9.51. The summed E-state index contributed by atoms with van der Waals surface area (Å²) >= 11 is 0. The van der Waals surface area contributed by atoms with Crippen LogP contribution in [0.25, 0.3) is 43.5 Å². The summed E-state index contributed by atoms with van der Waals surface area (Å²) in [6.45, 7) is 43.7. The monoisotopic (exact) mass is 614 g/mol. The highest BCUT2D eigenvalue weighted by Gasteiger charge is 2.41. The Morgan fingerprint density at radius 2 is 0.739 bits per heavy atom. The normalized spacial score (nSPS) is 19.8. The zero-order chi connectivity index (χ0) is 34.5. The Morgan fingerprint density at radius 1 is 0.370 bits per heavy atom. The standard InChI is InChI=1S/C46H62/c1-41(2,3)31-22-32(42(4,5)6)27-20-28-35(45(13,14)15)24-36(46(16,17)18)30-21-29-34(44(10,11)12)23-33(43(7,8)9)26-19-25(31)37(27)40(38(26)29)39(28)30/h19-24,31,34H,1-18H3. The fourth-order valence-electron chi connectivity index (χ4n) is 8.86. The first-order valence-electron chi connectivity index (χ1n) is 18.0. The minimum absolute atomic E-state index is 0.0131. The largest absolute Gasteiger partial charge is 0.0721 e. The molecule has 0 N–H and O–H groups in total. The molecule has 2 unspecified atom stereocenters. The maximum atomic E-state index is 2.67. The quantitative estimate of drug-likeness (QED) is 0.173. The first kappa shape index (κ1) is 33.3. The van der Waals surface area contributed by atoms with Gasteiger partial charge in [-0.15, -0.1) is 0 Å². The van der Waals surface area contributed by atoms with Gasteiger partial charge in [-0.05, 0) is 128 Å². The average Bonchev–Trinajstić information content (AvgIpc) is 2.84. The molecule has 0 bridgehead atoms. The second-order valence-corrected chi connectivity index (χ2v) is 21.3. The van der Waals surface area contributed by atoms with Crippen molar-refractivity contribution in [1.29, 1.82) is 0 Å². The zero-order valence-corrected chi connectivity index (χ0v) is 32.6. The highest BCUT2D eigenvalue weighted by atomic mass is 14.4. The van der Waals surface area contributed by atoms with E-state index in [4.69, 9.17) is 0 Å². The fraction of sp³-hybridized carbons (Fsp3) is 0.565. The van der Waals surface area contributed by atoms with Crippen molar-refractivity contribution < 1.29 is 0 Å². The zero-order valence-electron chi connectivity index (χ0n) is 32.6. The molecule has 0 heteroatoms. The van der Waals surface area contributed by atoms with Crippen LogP contribution in [0, 0.1) is 21.7 Å². The summed E-state index contributed by atoms with van der Waals surface area (Å²) < 4.78 is 0. The maximum Gasteiger partial charge on any atom is 0.00794 e. The lowest BCUT2D eigenvalue weighted by Gasteiger charge is -2.42. The van der Waals surface area contributed by atoms with Crippen molar-refractivity contribution >= 4 is 43.5 Å². The Hall–Kier alpha value is -2.60. The predicted molar refractivity (Wildman–Crippen MR) is 207 cm³/mol. The molecule has 4 aromatic carbocycles. The Balaban J connectivity index is 2.03. The molecule has 2 aliphatic rings. The van der Waals surface area contributed by atoms with Crippen LogP contribution in [-0.2, 0) is 10.8 Å². The van der Waals surface area contributed by atoms with E-state index in [1.807, 2.05) is 0 Å². The van der Waals surface area contributed by atoms with Crippen molar-refractivity contribution in [2.75, 3.05) is 0 Å².